The molecule has 90 valence electrons. The van der Waals surface area contributed by atoms with Crippen LogP contribution in [0.3, 0.4) is 0 Å². The fourth-order valence-electron chi connectivity index (χ4n) is 1.65. The van der Waals surface area contributed by atoms with Crippen molar-refractivity contribution in [2.24, 2.45) is 0 Å². The zero-order chi connectivity index (χ0) is 11.6. The molecule has 0 aliphatic rings. The van der Waals surface area contributed by atoms with Gasteiger partial charge in [0, 0.05) is 20.3 Å². The summed E-state index contributed by atoms with van der Waals surface area (Å²) in [4.78, 5) is 0. The molecule has 1 unspecified atom stereocenters. The fourth-order valence-corrected chi connectivity index (χ4v) is 3.59. The summed E-state index contributed by atoms with van der Waals surface area (Å²) < 4.78 is 11.0. The number of hydrogen-bond acceptors (Lipinski definition) is 2. The highest BCUT2D eigenvalue weighted by Gasteiger charge is 2.09. The Hall–Kier alpha value is -0.643. The molecule has 0 fully saturated rings. The highest BCUT2D eigenvalue weighted by Crippen LogP contribution is 2.06. The molecule has 0 aromatic heterocycles. The van der Waals surface area contributed by atoms with Crippen molar-refractivity contribution in [1.82, 2.24) is 0 Å². The third kappa shape index (κ3) is 5.44. The Morgan fingerprint density at radius 1 is 1.12 bits per heavy atom. The monoisotopic (exact) mass is 238 g/mol. The van der Waals surface area contributed by atoms with E-state index in [0.717, 1.165) is 25.7 Å². The van der Waals surface area contributed by atoms with E-state index < -0.39 is 9.04 Å². The first-order chi connectivity index (χ1) is 7.86. The molecule has 1 aromatic carbocycles. The van der Waals surface area contributed by atoms with Crippen LogP contribution in [0.4, 0.5) is 0 Å². The lowest BCUT2D eigenvalue weighted by Gasteiger charge is -2.14. The Balaban J connectivity index is 2.26. The van der Waals surface area contributed by atoms with E-state index in [4.69, 9.17) is 9.16 Å². The lowest BCUT2D eigenvalue weighted by atomic mass is 10.2. The predicted octanol–water partition coefficient (Wildman–Crippen LogP) is 2.57. The van der Waals surface area contributed by atoms with Gasteiger partial charge >= 0.3 is 0 Å². The van der Waals surface area contributed by atoms with Crippen LogP contribution in [0, 0.1) is 0 Å². The minimum atomic E-state index is -1.04. The molecule has 0 amide bonds. The second-order valence-electron chi connectivity index (χ2n) is 3.94. The Bertz CT molecular complexity index is 264. The van der Waals surface area contributed by atoms with E-state index in [1.807, 2.05) is 0 Å². The Morgan fingerprint density at radius 3 is 2.50 bits per heavy atom. The smallest absolute Gasteiger partial charge is 0.180 e. The van der Waals surface area contributed by atoms with Gasteiger partial charge < -0.3 is 9.16 Å². The minimum Gasteiger partial charge on any atom is -0.420 e. The number of rotatable bonds is 8. The van der Waals surface area contributed by atoms with Gasteiger partial charge in [0.15, 0.2) is 9.04 Å². The summed E-state index contributed by atoms with van der Waals surface area (Å²) in [6.45, 7) is 3.89. The molecule has 0 N–H and O–H groups in total. The molecule has 0 saturated carbocycles. The van der Waals surface area contributed by atoms with Gasteiger partial charge in [-0.25, -0.2) is 0 Å². The van der Waals surface area contributed by atoms with Crippen LogP contribution in [0.25, 0.3) is 0 Å². The van der Waals surface area contributed by atoms with Crippen LogP contribution >= 0.6 is 0 Å². The van der Waals surface area contributed by atoms with Gasteiger partial charge in [-0.1, -0.05) is 37.3 Å². The molecule has 0 bridgehead atoms. The summed E-state index contributed by atoms with van der Waals surface area (Å²) in [5.41, 5.74) is 1.41. The summed E-state index contributed by atoms with van der Waals surface area (Å²) in [5, 5.41) is 0. The topological polar surface area (TPSA) is 18.5 Å². The van der Waals surface area contributed by atoms with Gasteiger partial charge in [0.2, 0.25) is 0 Å². The van der Waals surface area contributed by atoms with Crippen LogP contribution in [0.15, 0.2) is 30.3 Å². The van der Waals surface area contributed by atoms with Gasteiger partial charge in [0.25, 0.3) is 0 Å². The molecule has 2 nitrogen and oxygen atoms in total. The average molecular weight is 238 g/mol. The molecule has 1 aromatic rings. The van der Waals surface area contributed by atoms with Crippen molar-refractivity contribution in [2.75, 3.05) is 20.3 Å². The van der Waals surface area contributed by atoms with Gasteiger partial charge in [-0.3, -0.25) is 0 Å². The second kappa shape index (κ2) is 8.50. The lowest BCUT2D eigenvalue weighted by Crippen LogP contribution is -2.21. The maximum Gasteiger partial charge on any atom is 0.180 e. The summed E-state index contributed by atoms with van der Waals surface area (Å²) >= 11 is 0. The molecule has 0 radical (unpaired) electrons. The quantitative estimate of drug-likeness (QED) is 0.512. The van der Waals surface area contributed by atoms with E-state index in [9.17, 15) is 0 Å². The summed E-state index contributed by atoms with van der Waals surface area (Å²) in [5.74, 6) is 0. The molecule has 0 saturated heterocycles. The van der Waals surface area contributed by atoms with Crippen molar-refractivity contribution in [2.45, 2.75) is 25.4 Å². The molecular weight excluding hydrogens is 216 g/mol. The Morgan fingerprint density at radius 2 is 1.88 bits per heavy atom. The maximum absolute atomic E-state index is 5.96. The van der Waals surface area contributed by atoms with Crippen LogP contribution in [-0.2, 0) is 15.2 Å². The fraction of sp³-hybridized carbons (Fsp3) is 0.538. The molecule has 0 aliphatic carbocycles. The Kier molecular flexibility index (Phi) is 7.13. The zero-order valence-electron chi connectivity index (χ0n) is 10.3. The molecule has 16 heavy (non-hydrogen) atoms. The largest absolute Gasteiger partial charge is 0.420 e. The van der Waals surface area contributed by atoms with Gasteiger partial charge in [0.05, 0.1) is 0 Å². The van der Waals surface area contributed by atoms with Crippen LogP contribution in [0.5, 0.6) is 0 Å². The molecule has 1 atom stereocenters. The van der Waals surface area contributed by atoms with Crippen LogP contribution in [0.1, 0.15) is 18.9 Å². The third-order valence-corrected chi connectivity index (χ3v) is 5.15. The maximum atomic E-state index is 5.96. The molecule has 0 aliphatic heterocycles. The number of benzene rings is 1. The average Bonchev–Trinajstić information content (AvgIpc) is 2.34. The van der Waals surface area contributed by atoms with Crippen molar-refractivity contribution >= 4 is 9.04 Å². The molecule has 1 rings (SSSR count). The molecular formula is C13H22O2Si. The third-order valence-electron chi connectivity index (χ3n) is 2.61. The highest BCUT2D eigenvalue weighted by atomic mass is 28.3. The van der Waals surface area contributed by atoms with E-state index in [-0.39, 0.29) is 0 Å². The highest BCUT2D eigenvalue weighted by molar-refractivity contribution is 6.51. The van der Waals surface area contributed by atoms with Gasteiger partial charge in [-0.15, -0.1) is 0 Å². The SMILES string of the molecule is CC[SiH](Cc1ccccc1)OCCCOC. The Labute approximate surface area is 100 Å². The van der Waals surface area contributed by atoms with E-state index in [0.29, 0.717) is 0 Å². The van der Waals surface area contributed by atoms with Crippen LogP contribution in [-0.4, -0.2) is 29.4 Å². The molecule has 0 spiro atoms. The number of ether oxygens (including phenoxy) is 1. The van der Waals surface area contributed by atoms with E-state index >= 15 is 0 Å². The van der Waals surface area contributed by atoms with Crippen LogP contribution < -0.4 is 0 Å². The summed E-state index contributed by atoms with van der Waals surface area (Å²) in [6, 6.07) is 13.0. The van der Waals surface area contributed by atoms with Crippen molar-refractivity contribution < 1.29 is 9.16 Å². The lowest BCUT2D eigenvalue weighted by molar-refractivity contribution is 0.171. The minimum absolute atomic E-state index is 0.802. The summed E-state index contributed by atoms with van der Waals surface area (Å²) in [7, 11) is 0.697. The summed E-state index contributed by atoms with van der Waals surface area (Å²) in [6.07, 6.45) is 1.01. The predicted molar refractivity (Wildman–Crippen MR) is 70.2 cm³/mol. The molecule has 0 heterocycles. The number of methoxy groups -OCH3 is 1. The van der Waals surface area contributed by atoms with Gasteiger partial charge in [0.1, 0.15) is 0 Å². The normalized spacial score (nSPS) is 12.6. The van der Waals surface area contributed by atoms with Crippen molar-refractivity contribution in [3.8, 4) is 0 Å². The van der Waals surface area contributed by atoms with E-state index in [1.165, 1.54) is 11.6 Å². The first-order valence-electron chi connectivity index (χ1n) is 6.01. The number of hydrogen-bond donors (Lipinski definition) is 0. The first kappa shape index (κ1) is 13.4. The second-order valence-corrected chi connectivity index (χ2v) is 6.74. The van der Waals surface area contributed by atoms with Gasteiger partial charge in [-0.05, 0) is 24.1 Å². The van der Waals surface area contributed by atoms with Crippen molar-refractivity contribution in [3.05, 3.63) is 35.9 Å². The van der Waals surface area contributed by atoms with E-state index in [2.05, 4.69) is 37.3 Å². The van der Waals surface area contributed by atoms with Gasteiger partial charge in [-0.2, -0.15) is 0 Å². The van der Waals surface area contributed by atoms with Crippen molar-refractivity contribution in [1.29, 1.82) is 0 Å². The van der Waals surface area contributed by atoms with Crippen LogP contribution in [0.2, 0.25) is 6.04 Å². The standard InChI is InChI=1S/C13H22O2Si/c1-3-16(15-11-7-10-14-2)12-13-8-5-4-6-9-13/h4-6,8-9,16H,3,7,10-12H2,1-2H3. The molecule has 3 heteroatoms. The van der Waals surface area contributed by atoms with E-state index in [1.54, 1.807) is 7.11 Å². The zero-order valence-corrected chi connectivity index (χ0v) is 11.5. The first-order valence-corrected chi connectivity index (χ1v) is 8.11. The van der Waals surface area contributed by atoms with Crippen molar-refractivity contribution in [3.63, 3.8) is 0 Å².